The van der Waals surface area contributed by atoms with Crippen molar-refractivity contribution in [3.05, 3.63) is 87.9 Å². The summed E-state index contributed by atoms with van der Waals surface area (Å²) < 4.78 is 12.0. The van der Waals surface area contributed by atoms with E-state index in [0.717, 1.165) is 39.7 Å². The van der Waals surface area contributed by atoms with Crippen LogP contribution in [0, 0.1) is 18.8 Å². The highest BCUT2D eigenvalue weighted by Crippen LogP contribution is 2.44. The van der Waals surface area contributed by atoms with Gasteiger partial charge in [0.25, 0.3) is 0 Å². The van der Waals surface area contributed by atoms with E-state index in [9.17, 15) is 14.7 Å². The monoisotopic (exact) mass is 620 g/mol. The Hall–Kier alpha value is -3.36. The van der Waals surface area contributed by atoms with Crippen LogP contribution < -0.4 is 14.4 Å². The molecule has 8 heteroatoms. The van der Waals surface area contributed by atoms with E-state index in [4.69, 9.17) is 9.47 Å². The van der Waals surface area contributed by atoms with Gasteiger partial charge in [-0.1, -0.05) is 51.8 Å². The van der Waals surface area contributed by atoms with Gasteiger partial charge >= 0.3 is 0 Å². The summed E-state index contributed by atoms with van der Waals surface area (Å²) >= 11 is 3.46. The number of piperidine rings is 2. The van der Waals surface area contributed by atoms with Crippen LogP contribution in [0.2, 0.25) is 0 Å². The smallest absolute Gasteiger partial charge is 0.228 e. The predicted molar refractivity (Wildman–Crippen MR) is 162 cm³/mol. The minimum atomic E-state index is -0.655. The molecule has 2 aliphatic rings. The van der Waals surface area contributed by atoms with E-state index in [-0.39, 0.29) is 24.2 Å². The summed E-state index contributed by atoms with van der Waals surface area (Å²) in [5.74, 6) is 0.627. The molecule has 2 fully saturated rings. The third-order valence-corrected chi connectivity index (χ3v) is 8.93. The molecule has 0 radical (unpaired) electrons. The van der Waals surface area contributed by atoms with Crippen molar-refractivity contribution in [3.8, 4) is 11.5 Å². The maximum absolute atomic E-state index is 14.3. The van der Waals surface area contributed by atoms with Crippen LogP contribution in [-0.2, 0) is 9.59 Å². The molecule has 2 saturated heterocycles. The van der Waals surface area contributed by atoms with Gasteiger partial charge in [-0.05, 0) is 73.7 Å². The zero-order valence-electron chi connectivity index (χ0n) is 23.8. The minimum absolute atomic E-state index is 0.0140. The number of nitrogens with zero attached hydrogens (tertiary/aromatic N) is 2. The predicted octanol–water partition coefficient (Wildman–Crippen LogP) is 6.23. The molecule has 0 spiro atoms. The van der Waals surface area contributed by atoms with Gasteiger partial charge in [0.2, 0.25) is 11.8 Å². The summed E-state index contributed by atoms with van der Waals surface area (Å²) in [4.78, 5) is 31.5. The van der Waals surface area contributed by atoms with Crippen LogP contribution in [0.25, 0.3) is 0 Å². The number of halogens is 1. The summed E-state index contributed by atoms with van der Waals surface area (Å²) in [6.45, 7) is 3.12. The molecule has 2 aliphatic heterocycles. The van der Waals surface area contributed by atoms with Crippen molar-refractivity contribution in [1.82, 2.24) is 4.90 Å². The molecule has 3 aromatic carbocycles. The number of carbonyl (C=O) groups is 2. The van der Waals surface area contributed by atoms with Crippen LogP contribution in [0.4, 0.5) is 5.69 Å². The molecule has 3 aromatic rings. The number of aryl methyl sites for hydroxylation is 1. The first-order valence-electron chi connectivity index (χ1n) is 14.1. The number of benzene rings is 3. The lowest BCUT2D eigenvalue weighted by Gasteiger charge is -2.44. The third kappa shape index (κ3) is 6.14. The lowest BCUT2D eigenvalue weighted by molar-refractivity contribution is -0.141. The SMILES string of the molecule is COc1ccc(C2C(C(=O)N3CCCC(C(O)c4ccc(Br)cc4)C3)CCC(=O)N2c2ccc(C)cc2)cc1OC. The first kappa shape index (κ1) is 29.1. The number of rotatable bonds is 7. The Morgan fingerprint density at radius 1 is 0.976 bits per heavy atom. The van der Waals surface area contributed by atoms with Gasteiger partial charge < -0.3 is 24.4 Å². The lowest BCUT2D eigenvalue weighted by Crippen LogP contribution is -2.51. The Labute approximate surface area is 250 Å². The Kier molecular flexibility index (Phi) is 9.00. The van der Waals surface area contributed by atoms with Crippen LogP contribution in [0.15, 0.2) is 71.2 Å². The molecule has 1 N–H and O–H groups in total. The highest BCUT2D eigenvalue weighted by molar-refractivity contribution is 9.10. The fraction of sp³-hybridized carbons (Fsp3) is 0.394. The van der Waals surface area contributed by atoms with Gasteiger partial charge in [-0.3, -0.25) is 9.59 Å². The normalized spacial score (nSPS) is 21.9. The van der Waals surface area contributed by atoms with Crippen LogP contribution in [0.3, 0.4) is 0 Å². The topological polar surface area (TPSA) is 79.3 Å². The first-order chi connectivity index (χ1) is 19.8. The maximum Gasteiger partial charge on any atom is 0.228 e. The largest absolute Gasteiger partial charge is 0.493 e. The van der Waals surface area contributed by atoms with Crippen LogP contribution >= 0.6 is 15.9 Å². The van der Waals surface area contributed by atoms with Gasteiger partial charge in [-0.2, -0.15) is 0 Å². The molecular weight excluding hydrogens is 584 g/mol. The quantitative estimate of drug-likeness (QED) is 0.339. The van der Waals surface area contributed by atoms with E-state index in [0.29, 0.717) is 31.0 Å². The Morgan fingerprint density at radius 2 is 1.68 bits per heavy atom. The standard InChI is InChI=1S/C33H37BrN2O5/c1-21-6-13-26(14-7-21)36-30(37)17-15-27(31(36)23-10-16-28(40-2)29(19-23)41-3)33(39)35-18-4-5-24(20-35)32(38)22-8-11-25(34)12-9-22/h6-14,16,19,24,27,31-32,38H,4-5,15,17-18,20H2,1-3H3. The van der Waals surface area contributed by atoms with Crippen molar-refractivity contribution < 1.29 is 24.2 Å². The number of aliphatic hydroxyl groups excluding tert-OH is 1. The summed E-state index contributed by atoms with van der Waals surface area (Å²) in [6.07, 6.45) is 1.75. The van der Waals surface area contributed by atoms with Crippen molar-refractivity contribution in [2.45, 2.75) is 44.8 Å². The number of ether oxygens (including phenoxy) is 2. The number of hydrogen-bond acceptors (Lipinski definition) is 5. The molecule has 0 saturated carbocycles. The van der Waals surface area contributed by atoms with Crippen molar-refractivity contribution in [2.75, 3.05) is 32.2 Å². The molecule has 216 valence electrons. The molecule has 5 rings (SSSR count). The van der Waals surface area contributed by atoms with E-state index in [1.807, 2.05) is 78.6 Å². The van der Waals surface area contributed by atoms with Crippen molar-refractivity contribution in [2.24, 2.45) is 11.8 Å². The second-order valence-corrected chi connectivity index (χ2v) is 11.9. The fourth-order valence-corrected chi connectivity index (χ4v) is 6.48. The lowest BCUT2D eigenvalue weighted by atomic mass is 9.81. The first-order valence-corrected chi connectivity index (χ1v) is 14.9. The van der Waals surface area contributed by atoms with E-state index >= 15 is 0 Å². The summed E-state index contributed by atoms with van der Waals surface area (Å²) in [7, 11) is 3.17. The molecule has 4 atom stereocenters. The number of methoxy groups -OCH3 is 2. The highest BCUT2D eigenvalue weighted by Gasteiger charge is 2.44. The number of aliphatic hydroxyl groups is 1. The molecule has 0 bridgehead atoms. The molecule has 0 aliphatic carbocycles. The van der Waals surface area contributed by atoms with E-state index in [1.54, 1.807) is 19.1 Å². The third-order valence-electron chi connectivity index (χ3n) is 8.40. The van der Waals surface area contributed by atoms with Crippen molar-refractivity contribution >= 4 is 33.4 Å². The zero-order valence-corrected chi connectivity index (χ0v) is 25.3. The van der Waals surface area contributed by atoms with Gasteiger partial charge in [-0.15, -0.1) is 0 Å². The number of carbonyl (C=O) groups excluding carboxylic acids is 2. The van der Waals surface area contributed by atoms with Crippen molar-refractivity contribution in [3.63, 3.8) is 0 Å². The van der Waals surface area contributed by atoms with Gasteiger partial charge in [-0.25, -0.2) is 0 Å². The maximum atomic E-state index is 14.3. The molecule has 2 amide bonds. The molecule has 4 unspecified atom stereocenters. The minimum Gasteiger partial charge on any atom is -0.493 e. The summed E-state index contributed by atoms with van der Waals surface area (Å²) in [5.41, 5.74) is 3.53. The average Bonchev–Trinajstić information content (AvgIpc) is 3.00. The van der Waals surface area contributed by atoms with Crippen LogP contribution in [0.1, 0.15) is 54.5 Å². The van der Waals surface area contributed by atoms with Crippen LogP contribution in [-0.4, -0.2) is 49.1 Å². The van der Waals surface area contributed by atoms with E-state index < -0.39 is 18.1 Å². The van der Waals surface area contributed by atoms with E-state index in [1.165, 1.54) is 0 Å². The fourth-order valence-electron chi connectivity index (χ4n) is 6.21. The number of hydrogen-bond donors (Lipinski definition) is 1. The van der Waals surface area contributed by atoms with Crippen molar-refractivity contribution in [1.29, 1.82) is 0 Å². The molecular formula is C33H37BrN2O5. The average molecular weight is 622 g/mol. The highest BCUT2D eigenvalue weighted by atomic mass is 79.9. The second-order valence-electron chi connectivity index (χ2n) is 11.0. The van der Waals surface area contributed by atoms with Gasteiger partial charge in [0.1, 0.15) is 0 Å². The van der Waals surface area contributed by atoms with Gasteiger partial charge in [0.15, 0.2) is 11.5 Å². The Morgan fingerprint density at radius 3 is 2.37 bits per heavy atom. The molecule has 7 nitrogen and oxygen atoms in total. The van der Waals surface area contributed by atoms with Gasteiger partial charge in [0.05, 0.1) is 32.3 Å². The Bertz CT molecular complexity index is 1380. The van der Waals surface area contributed by atoms with Crippen LogP contribution in [0.5, 0.6) is 11.5 Å². The number of anilines is 1. The summed E-state index contributed by atoms with van der Waals surface area (Å²) in [6, 6.07) is 20.7. The number of likely N-dealkylation sites (tertiary alicyclic amines) is 1. The zero-order chi connectivity index (χ0) is 29.1. The van der Waals surface area contributed by atoms with Gasteiger partial charge in [0, 0.05) is 35.6 Å². The molecule has 2 heterocycles. The summed E-state index contributed by atoms with van der Waals surface area (Å²) in [5, 5.41) is 11.2. The molecule has 0 aromatic heterocycles. The van der Waals surface area contributed by atoms with E-state index in [2.05, 4.69) is 15.9 Å². The number of amides is 2. The Balaban J connectivity index is 1.48. The molecule has 41 heavy (non-hydrogen) atoms. The second kappa shape index (κ2) is 12.7.